The molecule has 68 heavy (non-hydrogen) atoms. The summed E-state index contributed by atoms with van der Waals surface area (Å²) in [4.78, 5) is 25.5. The monoisotopic (exact) mass is 933 g/mol. The first-order valence-electron chi connectivity index (χ1n) is 26.7. The summed E-state index contributed by atoms with van der Waals surface area (Å²) in [6, 6.07) is 0. The number of rotatable bonds is 46. The van der Waals surface area contributed by atoms with Gasteiger partial charge in [-0.25, -0.2) is 0 Å². The van der Waals surface area contributed by atoms with Gasteiger partial charge in [0.1, 0.15) is 6.61 Å². The van der Waals surface area contributed by atoms with E-state index >= 15 is 0 Å². The fraction of sp³-hybridized carbons (Fsp3) is 0.524. The summed E-state index contributed by atoms with van der Waals surface area (Å²) in [5, 5.41) is 0. The van der Waals surface area contributed by atoms with Gasteiger partial charge in [-0.05, 0) is 135 Å². The largest absolute Gasteiger partial charge is 0.462 e. The van der Waals surface area contributed by atoms with Crippen molar-refractivity contribution in [1.29, 1.82) is 0 Å². The number of hydrogen-bond donors (Lipinski definition) is 0. The summed E-state index contributed by atoms with van der Waals surface area (Å²) in [6.45, 7) is 7.18. The zero-order valence-electron chi connectivity index (χ0n) is 43.3. The topological polar surface area (TPSA) is 61.8 Å². The van der Waals surface area contributed by atoms with Gasteiger partial charge in [-0.2, -0.15) is 0 Å². The molecule has 0 aliphatic rings. The standard InChI is InChI=1S/C63H96O5/c1-4-7-10-13-16-19-22-25-28-31-32-34-35-38-41-44-47-50-53-56-62(64)67-60-61(59-66-58-55-52-49-46-43-40-37-30-27-24-21-18-15-12-9-6-3)68-63(65)57-54-51-48-45-42-39-36-33-29-26-23-20-17-14-11-8-5-2/h7-12,16-21,25-30,32,34,36,38-41,43,49,52,61H,4-6,13-15,22-24,31,33,35,37,42,44-48,50-51,53-60H2,1-3H3/b10-7-,11-8-,12-9-,19-16-,20-17-,21-18-,28-25-,29-26-,30-27-,34-32-,39-36-,41-38-,43-40-,52-49-. The fourth-order valence-electron chi connectivity index (χ4n) is 6.41. The average Bonchev–Trinajstić information content (AvgIpc) is 3.34. The third-order valence-electron chi connectivity index (χ3n) is 10.2. The number of carbonyl (C=O) groups is 2. The first kappa shape index (κ1) is 63.3. The van der Waals surface area contributed by atoms with Gasteiger partial charge >= 0.3 is 11.9 Å². The Labute approximate surface area is 417 Å². The number of esters is 2. The lowest BCUT2D eigenvalue weighted by molar-refractivity contribution is -0.162. The normalized spacial score (nSPS) is 13.6. The third kappa shape index (κ3) is 53.9. The predicted octanol–water partition coefficient (Wildman–Crippen LogP) is 18.4. The van der Waals surface area contributed by atoms with E-state index in [0.29, 0.717) is 19.4 Å². The van der Waals surface area contributed by atoms with E-state index in [1.54, 1.807) is 0 Å². The molecule has 0 saturated heterocycles. The van der Waals surface area contributed by atoms with Crippen molar-refractivity contribution in [2.45, 2.75) is 194 Å². The van der Waals surface area contributed by atoms with Crippen LogP contribution in [0.2, 0.25) is 0 Å². The number of unbranched alkanes of at least 4 members (excludes halogenated alkanes) is 7. The van der Waals surface area contributed by atoms with E-state index in [1.807, 2.05) is 0 Å². The minimum Gasteiger partial charge on any atom is -0.462 e. The molecule has 378 valence electrons. The molecule has 1 unspecified atom stereocenters. The van der Waals surface area contributed by atoms with Crippen LogP contribution in [0, 0.1) is 0 Å². The van der Waals surface area contributed by atoms with Crippen LogP contribution < -0.4 is 0 Å². The molecule has 0 fully saturated rings. The van der Waals surface area contributed by atoms with Crippen molar-refractivity contribution < 1.29 is 23.8 Å². The van der Waals surface area contributed by atoms with Gasteiger partial charge in [0.2, 0.25) is 0 Å². The lowest BCUT2D eigenvalue weighted by Gasteiger charge is -2.18. The van der Waals surface area contributed by atoms with Crippen molar-refractivity contribution in [2.75, 3.05) is 19.8 Å². The average molecular weight is 933 g/mol. The number of allylic oxidation sites excluding steroid dienone is 27. The van der Waals surface area contributed by atoms with Crippen LogP contribution in [-0.2, 0) is 23.8 Å². The maximum Gasteiger partial charge on any atom is 0.306 e. The van der Waals surface area contributed by atoms with Gasteiger partial charge in [-0.3, -0.25) is 9.59 Å². The van der Waals surface area contributed by atoms with E-state index in [-0.39, 0.29) is 25.2 Å². The Kier molecular flexibility index (Phi) is 52.6. The molecule has 5 heteroatoms. The molecule has 0 bridgehead atoms. The summed E-state index contributed by atoms with van der Waals surface area (Å²) in [5.74, 6) is -0.519. The van der Waals surface area contributed by atoms with Crippen molar-refractivity contribution in [1.82, 2.24) is 0 Å². The second-order valence-electron chi connectivity index (χ2n) is 16.6. The van der Waals surface area contributed by atoms with Gasteiger partial charge in [-0.1, -0.05) is 210 Å². The van der Waals surface area contributed by atoms with Crippen LogP contribution in [0.3, 0.4) is 0 Å². The smallest absolute Gasteiger partial charge is 0.306 e. The SMILES string of the molecule is CC/C=C\C/C=C\C/C=C\C/C=C\C/C=C\CCCCCC(=O)OCC(COCC/C=C\C/C=C\C/C=C\C/C=C\C/C=C\CC)OC(=O)CCCCCC/C=C\C/C=C\C/C=C\C/C=C\CC. The zero-order valence-corrected chi connectivity index (χ0v) is 43.3. The van der Waals surface area contributed by atoms with Gasteiger partial charge in [0.25, 0.3) is 0 Å². The Morgan fingerprint density at radius 2 is 0.618 bits per heavy atom. The van der Waals surface area contributed by atoms with E-state index < -0.39 is 6.10 Å². The minimum absolute atomic E-state index is 0.0150. The number of ether oxygens (including phenoxy) is 3. The first-order chi connectivity index (χ1) is 33.6. The second-order valence-corrected chi connectivity index (χ2v) is 16.6. The van der Waals surface area contributed by atoms with Crippen molar-refractivity contribution in [3.05, 3.63) is 170 Å². The Morgan fingerprint density at radius 1 is 0.324 bits per heavy atom. The molecule has 0 aromatic rings. The van der Waals surface area contributed by atoms with E-state index in [1.165, 1.54) is 0 Å². The summed E-state index contributed by atoms with van der Waals surface area (Å²) < 4.78 is 17.3. The van der Waals surface area contributed by atoms with Crippen molar-refractivity contribution in [3.8, 4) is 0 Å². The fourth-order valence-corrected chi connectivity index (χ4v) is 6.41. The van der Waals surface area contributed by atoms with Crippen LogP contribution in [0.25, 0.3) is 0 Å². The highest BCUT2D eigenvalue weighted by Crippen LogP contribution is 2.11. The highest BCUT2D eigenvalue weighted by Gasteiger charge is 2.17. The van der Waals surface area contributed by atoms with E-state index in [0.717, 1.165) is 154 Å². The van der Waals surface area contributed by atoms with Crippen molar-refractivity contribution in [3.63, 3.8) is 0 Å². The molecule has 0 heterocycles. The number of carbonyl (C=O) groups excluding carboxylic acids is 2. The summed E-state index contributed by atoms with van der Waals surface area (Å²) in [6.07, 6.45) is 85.3. The van der Waals surface area contributed by atoms with E-state index in [4.69, 9.17) is 14.2 Å². The Balaban J connectivity index is 4.54. The van der Waals surface area contributed by atoms with Crippen LogP contribution in [0.1, 0.15) is 188 Å². The van der Waals surface area contributed by atoms with Gasteiger partial charge in [0.15, 0.2) is 6.10 Å². The molecule has 0 aromatic carbocycles. The van der Waals surface area contributed by atoms with E-state index in [2.05, 4.69) is 191 Å². The molecule has 0 spiro atoms. The van der Waals surface area contributed by atoms with Gasteiger partial charge in [0.05, 0.1) is 13.2 Å². The molecular formula is C63H96O5. The highest BCUT2D eigenvalue weighted by atomic mass is 16.6. The molecule has 0 aromatic heterocycles. The molecule has 0 saturated carbocycles. The van der Waals surface area contributed by atoms with Crippen LogP contribution in [0.15, 0.2) is 170 Å². The molecule has 0 amide bonds. The maximum absolute atomic E-state index is 12.8. The molecule has 1 atom stereocenters. The maximum atomic E-state index is 12.8. The van der Waals surface area contributed by atoms with E-state index in [9.17, 15) is 9.59 Å². The first-order valence-corrected chi connectivity index (χ1v) is 26.7. The Hall–Kier alpha value is -4.74. The molecule has 0 rings (SSSR count). The quantitative estimate of drug-likeness (QED) is 0.0346. The predicted molar refractivity (Wildman–Crippen MR) is 297 cm³/mol. The van der Waals surface area contributed by atoms with Crippen LogP contribution in [-0.4, -0.2) is 37.9 Å². The van der Waals surface area contributed by atoms with Gasteiger partial charge in [0, 0.05) is 12.8 Å². The van der Waals surface area contributed by atoms with Gasteiger partial charge in [-0.15, -0.1) is 0 Å². The molecule has 0 radical (unpaired) electrons. The summed E-state index contributed by atoms with van der Waals surface area (Å²) >= 11 is 0. The number of hydrogen-bond acceptors (Lipinski definition) is 5. The third-order valence-corrected chi connectivity index (χ3v) is 10.2. The molecule has 0 aliphatic carbocycles. The molecule has 0 N–H and O–H groups in total. The Bertz CT molecular complexity index is 1570. The second kappa shape index (κ2) is 56.6. The molecule has 0 aliphatic heterocycles. The van der Waals surface area contributed by atoms with Crippen molar-refractivity contribution in [2.24, 2.45) is 0 Å². The lowest BCUT2D eigenvalue weighted by atomic mass is 10.1. The highest BCUT2D eigenvalue weighted by molar-refractivity contribution is 5.70. The zero-order chi connectivity index (χ0) is 49.2. The molecule has 5 nitrogen and oxygen atoms in total. The lowest BCUT2D eigenvalue weighted by Crippen LogP contribution is -2.30. The Morgan fingerprint density at radius 3 is 0.985 bits per heavy atom. The summed E-state index contributed by atoms with van der Waals surface area (Å²) in [7, 11) is 0. The molecular weight excluding hydrogens is 837 g/mol. The van der Waals surface area contributed by atoms with Crippen LogP contribution in [0.4, 0.5) is 0 Å². The minimum atomic E-state index is -0.617. The van der Waals surface area contributed by atoms with Crippen LogP contribution in [0.5, 0.6) is 0 Å². The summed E-state index contributed by atoms with van der Waals surface area (Å²) in [5.41, 5.74) is 0. The van der Waals surface area contributed by atoms with Crippen molar-refractivity contribution >= 4 is 11.9 Å². The van der Waals surface area contributed by atoms with Crippen LogP contribution >= 0.6 is 0 Å². The van der Waals surface area contributed by atoms with Gasteiger partial charge < -0.3 is 14.2 Å².